The average molecular weight is 386 g/mol. The lowest BCUT2D eigenvalue weighted by Gasteiger charge is -2.13. The lowest BCUT2D eigenvalue weighted by Crippen LogP contribution is -2.34. The minimum atomic E-state index is -0.332. The van der Waals surface area contributed by atoms with Gasteiger partial charge >= 0.3 is 0 Å². The fraction of sp³-hybridized carbons (Fsp3) is 0.300. The Bertz CT molecular complexity index is 789. The Morgan fingerprint density at radius 1 is 1.22 bits per heavy atom. The van der Waals surface area contributed by atoms with Gasteiger partial charge in [-0.25, -0.2) is 0 Å². The molecular weight excluding hydrogens is 364 g/mol. The fourth-order valence-electron chi connectivity index (χ4n) is 2.76. The van der Waals surface area contributed by atoms with Gasteiger partial charge in [0.15, 0.2) is 5.11 Å². The molecule has 2 aromatic carbocycles. The van der Waals surface area contributed by atoms with Crippen molar-refractivity contribution in [3.05, 3.63) is 54.1 Å². The van der Waals surface area contributed by atoms with Crippen LogP contribution in [-0.2, 0) is 4.74 Å². The van der Waals surface area contributed by atoms with Gasteiger partial charge in [-0.2, -0.15) is 0 Å². The Labute approximate surface area is 163 Å². The molecule has 27 heavy (non-hydrogen) atoms. The zero-order chi connectivity index (χ0) is 19.1. The highest BCUT2D eigenvalue weighted by Crippen LogP contribution is 2.19. The smallest absolute Gasteiger partial charge is 0.261 e. The van der Waals surface area contributed by atoms with Crippen LogP contribution in [0, 0.1) is 0 Å². The van der Waals surface area contributed by atoms with Crippen molar-refractivity contribution >= 4 is 28.9 Å². The molecule has 3 rings (SSSR count). The van der Waals surface area contributed by atoms with E-state index in [-0.39, 0.29) is 17.1 Å². The number of hydrogen-bond donors (Lipinski definition) is 2. The summed E-state index contributed by atoms with van der Waals surface area (Å²) in [6.45, 7) is 1.37. The minimum absolute atomic E-state index is 0.181. The van der Waals surface area contributed by atoms with Crippen LogP contribution >= 0.6 is 12.2 Å². The zero-order valence-corrected chi connectivity index (χ0v) is 15.9. The van der Waals surface area contributed by atoms with Crippen LogP contribution in [0.5, 0.6) is 11.5 Å². The number of rotatable bonds is 6. The maximum absolute atomic E-state index is 12.3. The molecule has 1 heterocycles. The van der Waals surface area contributed by atoms with Gasteiger partial charge in [0, 0.05) is 12.3 Å². The predicted molar refractivity (Wildman–Crippen MR) is 108 cm³/mol. The number of anilines is 1. The highest BCUT2D eigenvalue weighted by Gasteiger charge is 2.16. The molecule has 1 unspecified atom stereocenters. The molecular formula is C20H22N2O4S. The van der Waals surface area contributed by atoms with Crippen molar-refractivity contribution in [2.75, 3.05) is 25.6 Å². The Kier molecular flexibility index (Phi) is 6.62. The van der Waals surface area contributed by atoms with Crippen LogP contribution in [0.15, 0.2) is 48.5 Å². The molecule has 1 amide bonds. The van der Waals surface area contributed by atoms with E-state index >= 15 is 0 Å². The first kappa shape index (κ1) is 19.1. The quantitative estimate of drug-likeness (QED) is 0.742. The number of ether oxygens (including phenoxy) is 3. The third-order valence-corrected chi connectivity index (χ3v) is 4.35. The number of carbonyl (C=O) groups is 1. The summed E-state index contributed by atoms with van der Waals surface area (Å²) in [6, 6.07) is 14.3. The van der Waals surface area contributed by atoms with E-state index in [4.69, 9.17) is 26.4 Å². The van der Waals surface area contributed by atoms with Crippen molar-refractivity contribution in [2.24, 2.45) is 0 Å². The first-order valence-electron chi connectivity index (χ1n) is 8.75. The number of hydrogen-bond acceptors (Lipinski definition) is 5. The summed E-state index contributed by atoms with van der Waals surface area (Å²) in [5.74, 6) is 0.923. The molecule has 0 aliphatic carbocycles. The van der Waals surface area contributed by atoms with E-state index in [1.165, 1.54) is 7.11 Å². The van der Waals surface area contributed by atoms with Crippen LogP contribution < -0.4 is 20.1 Å². The number of carbonyl (C=O) groups excluding carboxylic acids is 1. The van der Waals surface area contributed by atoms with Crippen LogP contribution in [-0.4, -0.2) is 37.4 Å². The second kappa shape index (κ2) is 9.34. The third-order valence-electron chi connectivity index (χ3n) is 4.15. The minimum Gasteiger partial charge on any atom is -0.496 e. The van der Waals surface area contributed by atoms with Crippen molar-refractivity contribution in [1.29, 1.82) is 0 Å². The average Bonchev–Trinajstić information content (AvgIpc) is 3.21. The Hall–Kier alpha value is -2.64. The van der Waals surface area contributed by atoms with Gasteiger partial charge in [0.05, 0.1) is 18.8 Å². The molecule has 0 bridgehead atoms. The molecule has 2 aromatic rings. The van der Waals surface area contributed by atoms with Crippen molar-refractivity contribution in [1.82, 2.24) is 5.32 Å². The molecule has 1 saturated heterocycles. The summed E-state index contributed by atoms with van der Waals surface area (Å²) >= 11 is 5.22. The van der Waals surface area contributed by atoms with Gasteiger partial charge in [0.25, 0.3) is 5.91 Å². The van der Waals surface area contributed by atoms with Crippen molar-refractivity contribution in [3.8, 4) is 11.5 Å². The topological polar surface area (TPSA) is 68.8 Å². The van der Waals surface area contributed by atoms with Gasteiger partial charge in [-0.3, -0.25) is 10.1 Å². The van der Waals surface area contributed by atoms with E-state index in [2.05, 4.69) is 10.6 Å². The Morgan fingerprint density at radius 2 is 2.00 bits per heavy atom. The molecule has 1 fully saturated rings. The predicted octanol–water partition coefficient (Wildman–Crippen LogP) is 3.38. The molecule has 0 saturated carbocycles. The zero-order valence-electron chi connectivity index (χ0n) is 15.1. The van der Waals surface area contributed by atoms with E-state index in [9.17, 15) is 4.79 Å². The van der Waals surface area contributed by atoms with Crippen LogP contribution in [0.2, 0.25) is 0 Å². The van der Waals surface area contributed by atoms with E-state index in [0.29, 0.717) is 17.9 Å². The van der Waals surface area contributed by atoms with Gasteiger partial charge in [-0.05, 0) is 61.5 Å². The van der Waals surface area contributed by atoms with Crippen LogP contribution in [0.3, 0.4) is 0 Å². The summed E-state index contributed by atoms with van der Waals surface area (Å²) in [6.07, 6.45) is 2.31. The standard InChI is InChI=1S/C20H22N2O4S/c1-24-18-7-3-2-6-17(18)19(23)22-20(27)21-14-8-10-15(11-9-14)26-13-16-5-4-12-25-16/h2-3,6-11,16H,4-5,12-13H2,1H3,(H2,21,22,23,27). The second-order valence-electron chi connectivity index (χ2n) is 6.08. The molecule has 1 atom stereocenters. The van der Waals surface area contributed by atoms with Gasteiger partial charge in [0.1, 0.15) is 18.1 Å². The number of benzene rings is 2. The first-order chi connectivity index (χ1) is 13.2. The highest BCUT2D eigenvalue weighted by atomic mass is 32.1. The molecule has 1 aliphatic rings. The fourth-order valence-corrected chi connectivity index (χ4v) is 2.98. The van der Waals surface area contributed by atoms with Gasteiger partial charge in [-0.15, -0.1) is 0 Å². The van der Waals surface area contributed by atoms with Gasteiger partial charge < -0.3 is 19.5 Å². The number of methoxy groups -OCH3 is 1. The summed E-state index contributed by atoms with van der Waals surface area (Å²) in [5, 5.41) is 5.84. The van der Waals surface area contributed by atoms with Crippen molar-refractivity contribution in [3.63, 3.8) is 0 Å². The van der Waals surface area contributed by atoms with Crippen molar-refractivity contribution in [2.45, 2.75) is 18.9 Å². The largest absolute Gasteiger partial charge is 0.496 e. The highest BCUT2D eigenvalue weighted by molar-refractivity contribution is 7.80. The van der Waals surface area contributed by atoms with E-state index < -0.39 is 0 Å². The number of thiocarbonyl (C=S) groups is 1. The maximum Gasteiger partial charge on any atom is 0.261 e. The SMILES string of the molecule is COc1ccccc1C(=O)NC(=S)Nc1ccc(OCC2CCCO2)cc1. The molecule has 1 aliphatic heterocycles. The molecule has 6 nitrogen and oxygen atoms in total. The lowest BCUT2D eigenvalue weighted by atomic mass is 10.2. The lowest BCUT2D eigenvalue weighted by molar-refractivity contribution is 0.0679. The monoisotopic (exact) mass is 386 g/mol. The second-order valence-corrected chi connectivity index (χ2v) is 6.49. The van der Waals surface area contributed by atoms with Gasteiger partial charge in [0.2, 0.25) is 0 Å². The Morgan fingerprint density at radius 3 is 2.70 bits per heavy atom. The number of para-hydroxylation sites is 1. The maximum atomic E-state index is 12.3. The molecule has 0 aromatic heterocycles. The Balaban J connectivity index is 1.50. The molecule has 142 valence electrons. The first-order valence-corrected chi connectivity index (χ1v) is 9.16. The van der Waals surface area contributed by atoms with Gasteiger partial charge in [-0.1, -0.05) is 12.1 Å². The molecule has 7 heteroatoms. The summed E-state index contributed by atoms with van der Waals surface area (Å²) in [4.78, 5) is 12.3. The summed E-state index contributed by atoms with van der Waals surface area (Å²) < 4.78 is 16.5. The van der Waals surface area contributed by atoms with E-state index in [1.54, 1.807) is 24.3 Å². The summed E-state index contributed by atoms with van der Waals surface area (Å²) in [5.41, 5.74) is 1.17. The number of amides is 1. The molecule has 0 radical (unpaired) electrons. The number of nitrogens with one attached hydrogen (secondary N) is 2. The van der Waals surface area contributed by atoms with Crippen LogP contribution in [0.1, 0.15) is 23.2 Å². The third kappa shape index (κ3) is 5.42. The molecule has 0 spiro atoms. The van der Waals surface area contributed by atoms with Crippen LogP contribution in [0.25, 0.3) is 0 Å². The molecule has 2 N–H and O–H groups in total. The summed E-state index contributed by atoms with van der Waals surface area (Å²) in [7, 11) is 1.52. The van der Waals surface area contributed by atoms with E-state index in [1.807, 2.05) is 24.3 Å². The van der Waals surface area contributed by atoms with E-state index in [0.717, 1.165) is 30.9 Å². The van der Waals surface area contributed by atoms with Crippen LogP contribution in [0.4, 0.5) is 5.69 Å². The normalized spacial score (nSPS) is 15.8. The van der Waals surface area contributed by atoms with Crippen molar-refractivity contribution < 1.29 is 19.0 Å².